The van der Waals surface area contributed by atoms with Gasteiger partial charge in [0.2, 0.25) is 0 Å². The number of aromatic nitrogens is 2. The van der Waals surface area contributed by atoms with E-state index in [0.29, 0.717) is 0 Å². The number of hydrogen-bond donors (Lipinski definition) is 0. The summed E-state index contributed by atoms with van der Waals surface area (Å²) in [5, 5.41) is 2.31. The number of nitrogens with zero attached hydrogens (tertiary/aromatic N) is 2. The summed E-state index contributed by atoms with van der Waals surface area (Å²) in [6.45, 7) is 0. The molecule has 4 aliphatic carbocycles. The lowest BCUT2D eigenvalue weighted by Gasteiger charge is -2.49. The second-order valence-corrected chi connectivity index (χ2v) is 18.7. The van der Waals surface area contributed by atoms with E-state index in [0.717, 1.165) is 45.7 Å². The molecule has 2 heteroatoms. The predicted molar refractivity (Wildman–Crippen MR) is 272 cm³/mol. The third-order valence-corrected chi connectivity index (χ3v) is 15.6. The van der Waals surface area contributed by atoms with Gasteiger partial charge in [-0.1, -0.05) is 218 Å². The fraction of sp³-hybridized carbons (Fsp3) is 0.0462. The van der Waals surface area contributed by atoms with Gasteiger partial charge in [0, 0.05) is 16.7 Å². The highest BCUT2D eigenvalue weighted by atomic mass is 14.9. The van der Waals surface area contributed by atoms with Gasteiger partial charge in [-0.15, -0.1) is 0 Å². The Hall–Kier alpha value is -8.46. The van der Waals surface area contributed by atoms with E-state index in [1.54, 1.807) is 0 Å². The van der Waals surface area contributed by atoms with Crippen molar-refractivity contribution in [1.82, 2.24) is 9.97 Å². The molecule has 0 N–H and O–H groups in total. The quantitative estimate of drug-likeness (QED) is 0.177. The van der Waals surface area contributed by atoms with Crippen LogP contribution in [0.5, 0.6) is 0 Å². The molecule has 0 saturated carbocycles. The Balaban J connectivity index is 1.06. The summed E-state index contributed by atoms with van der Waals surface area (Å²) in [6.07, 6.45) is 0.934. The van der Waals surface area contributed by atoms with Gasteiger partial charge >= 0.3 is 0 Å². The lowest BCUT2D eigenvalue weighted by Crippen LogP contribution is -2.43. The molecule has 0 radical (unpaired) electrons. The monoisotopic (exact) mass is 848 g/mol. The van der Waals surface area contributed by atoms with Crippen LogP contribution in [0.25, 0.3) is 78.1 Å². The van der Waals surface area contributed by atoms with Crippen molar-refractivity contribution < 1.29 is 0 Å². The van der Waals surface area contributed by atoms with E-state index >= 15 is 0 Å². The van der Waals surface area contributed by atoms with Crippen LogP contribution in [0.15, 0.2) is 231 Å². The van der Waals surface area contributed by atoms with Crippen LogP contribution in [0.1, 0.15) is 55.6 Å². The molecule has 0 aliphatic heterocycles. The summed E-state index contributed by atoms with van der Waals surface area (Å²) >= 11 is 0. The van der Waals surface area contributed by atoms with Crippen LogP contribution in [0.2, 0.25) is 0 Å². The first-order valence-corrected chi connectivity index (χ1v) is 23.4. The zero-order valence-electron chi connectivity index (χ0n) is 36.5. The zero-order chi connectivity index (χ0) is 43.8. The summed E-state index contributed by atoms with van der Waals surface area (Å²) in [5.41, 5.74) is 25.2. The lowest BCUT2D eigenvalue weighted by atomic mass is 9.52. The number of hydrogen-bond acceptors (Lipinski definition) is 2. The maximum atomic E-state index is 5.53. The van der Waals surface area contributed by atoms with Crippen molar-refractivity contribution in [3.63, 3.8) is 0 Å². The molecule has 4 aliphatic rings. The third-order valence-electron chi connectivity index (χ3n) is 15.6. The zero-order valence-corrected chi connectivity index (χ0v) is 36.5. The van der Waals surface area contributed by atoms with Crippen molar-refractivity contribution in [3.8, 4) is 67.3 Å². The van der Waals surface area contributed by atoms with E-state index in [4.69, 9.17) is 9.97 Å². The smallest absolute Gasteiger partial charge is 0.161 e. The Labute approximate surface area is 389 Å². The van der Waals surface area contributed by atoms with Gasteiger partial charge in [0.1, 0.15) is 0 Å². The number of benzene rings is 10. The fourth-order valence-corrected chi connectivity index (χ4v) is 13.0. The molecular weight excluding hydrogens is 809 g/mol. The summed E-state index contributed by atoms with van der Waals surface area (Å²) in [4.78, 5) is 10.9. The highest BCUT2D eigenvalue weighted by Gasteiger charge is 2.59. The van der Waals surface area contributed by atoms with Crippen molar-refractivity contribution >= 4 is 10.8 Å². The molecule has 0 bridgehead atoms. The fourth-order valence-electron chi connectivity index (χ4n) is 13.0. The molecule has 0 saturated heterocycles. The maximum Gasteiger partial charge on any atom is 0.161 e. The van der Waals surface area contributed by atoms with Crippen LogP contribution in [-0.4, -0.2) is 9.97 Å². The molecule has 11 aromatic rings. The molecule has 0 unspecified atom stereocenters. The van der Waals surface area contributed by atoms with Gasteiger partial charge in [-0.25, -0.2) is 9.97 Å². The molecule has 2 spiro atoms. The molecule has 1 heterocycles. The van der Waals surface area contributed by atoms with E-state index in [-0.39, 0.29) is 0 Å². The van der Waals surface area contributed by atoms with Crippen LogP contribution >= 0.6 is 0 Å². The van der Waals surface area contributed by atoms with Crippen molar-refractivity contribution in [2.45, 2.75) is 17.3 Å². The molecule has 10 aromatic carbocycles. The van der Waals surface area contributed by atoms with Gasteiger partial charge < -0.3 is 0 Å². The second-order valence-electron chi connectivity index (χ2n) is 18.7. The van der Waals surface area contributed by atoms with Crippen molar-refractivity contribution in [2.75, 3.05) is 0 Å². The van der Waals surface area contributed by atoms with Crippen LogP contribution in [-0.2, 0) is 17.3 Å². The topological polar surface area (TPSA) is 25.8 Å². The molecule has 15 rings (SSSR count). The Morgan fingerprint density at radius 1 is 0.299 bits per heavy atom. The predicted octanol–water partition coefficient (Wildman–Crippen LogP) is 15.2. The van der Waals surface area contributed by atoms with Crippen LogP contribution in [0.3, 0.4) is 0 Å². The average Bonchev–Trinajstić information content (AvgIpc) is 4.03. The van der Waals surface area contributed by atoms with E-state index in [1.807, 2.05) is 0 Å². The molecule has 67 heavy (non-hydrogen) atoms. The minimum Gasteiger partial charge on any atom is -0.228 e. The molecule has 1 aromatic heterocycles. The summed E-state index contributed by atoms with van der Waals surface area (Å²) < 4.78 is 0. The standard InChI is InChI=1S/C65H40N2/c1-2-18-41(19-3-1)59-39-60(67-63(66-59)49-26-16-21-40-17-4-6-22-45(40)49)43-33-35-50-58(38-43)65(57-36-34-44-37-42-20-5-7-23-46(42)61(44)62(50)57)55-31-14-12-29-53(55)64(54-30-13-15-32-56(54)65)51-27-10-8-24-47(51)48-25-9-11-28-52(48)64/h1-36,38-39H,37H2. The first-order valence-electron chi connectivity index (χ1n) is 23.4. The largest absolute Gasteiger partial charge is 0.228 e. The Bertz CT molecular complexity index is 3810. The SMILES string of the molecule is c1ccc(-c2cc(-c3ccc4c(c3)C3(c5ccccc5C5(c6ccccc6-c6ccccc65)c5ccccc53)c3ccc5c(c3-4)-c3ccccc3C5)nc(-c3cccc4ccccc34)n2)cc1. The average molecular weight is 849 g/mol. The molecular formula is C65H40N2. The van der Waals surface area contributed by atoms with Gasteiger partial charge in [0.15, 0.2) is 5.82 Å². The van der Waals surface area contributed by atoms with Gasteiger partial charge in [0.25, 0.3) is 0 Å². The van der Waals surface area contributed by atoms with E-state index in [9.17, 15) is 0 Å². The van der Waals surface area contributed by atoms with Crippen molar-refractivity contribution in [1.29, 1.82) is 0 Å². The van der Waals surface area contributed by atoms with E-state index < -0.39 is 10.8 Å². The summed E-state index contributed by atoms with van der Waals surface area (Å²) in [5.74, 6) is 0.718. The highest BCUT2D eigenvalue weighted by Crippen LogP contribution is 2.68. The van der Waals surface area contributed by atoms with Gasteiger partial charge in [0.05, 0.1) is 22.2 Å². The van der Waals surface area contributed by atoms with Crippen LogP contribution in [0.4, 0.5) is 0 Å². The Morgan fingerprint density at radius 3 is 1.54 bits per heavy atom. The molecule has 0 atom stereocenters. The second kappa shape index (κ2) is 13.5. The molecule has 0 amide bonds. The lowest BCUT2D eigenvalue weighted by molar-refractivity contribution is 0.633. The molecule has 310 valence electrons. The van der Waals surface area contributed by atoms with Gasteiger partial charge in [-0.2, -0.15) is 0 Å². The number of rotatable bonds is 3. The van der Waals surface area contributed by atoms with E-state index in [1.165, 1.54) is 94.4 Å². The van der Waals surface area contributed by atoms with E-state index in [2.05, 4.69) is 231 Å². The van der Waals surface area contributed by atoms with Crippen molar-refractivity contribution in [2.24, 2.45) is 0 Å². The normalized spacial score (nSPS) is 14.4. The minimum atomic E-state index is -0.647. The maximum absolute atomic E-state index is 5.53. The summed E-state index contributed by atoms with van der Waals surface area (Å²) in [6, 6.07) is 86.0. The molecule has 2 nitrogen and oxygen atoms in total. The van der Waals surface area contributed by atoms with Gasteiger partial charge in [-0.05, 0) is 118 Å². The first kappa shape index (κ1) is 36.8. The van der Waals surface area contributed by atoms with Crippen molar-refractivity contribution in [3.05, 3.63) is 286 Å². The molecule has 0 fully saturated rings. The third kappa shape index (κ3) is 4.74. The number of fused-ring (bicyclic) bond motifs is 21. The minimum absolute atomic E-state index is 0.514. The Kier molecular flexibility index (Phi) is 7.45. The Morgan fingerprint density at radius 2 is 0.836 bits per heavy atom. The van der Waals surface area contributed by atoms with Gasteiger partial charge in [-0.3, -0.25) is 0 Å². The summed E-state index contributed by atoms with van der Waals surface area (Å²) in [7, 11) is 0. The van der Waals surface area contributed by atoms with Crippen LogP contribution < -0.4 is 0 Å². The first-order chi connectivity index (χ1) is 33.2. The highest BCUT2D eigenvalue weighted by molar-refractivity contribution is 6.02. The van der Waals surface area contributed by atoms with Crippen LogP contribution in [0, 0.1) is 0 Å².